The van der Waals surface area contributed by atoms with Gasteiger partial charge in [0, 0.05) is 48.9 Å². The summed E-state index contributed by atoms with van der Waals surface area (Å²) in [5.74, 6) is -0.378. The predicted molar refractivity (Wildman–Crippen MR) is 149 cm³/mol. The van der Waals surface area contributed by atoms with E-state index in [4.69, 9.17) is 4.74 Å². The van der Waals surface area contributed by atoms with Gasteiger partial charge in [0.2, 0.25) is 11.8 Å². The molecule has 0 aromatic heterocycles. The number of benzene rings is 1. The molecule has 2 fully saturated rings. The van der Waals surface area contributed by atoms with Crippen molar-refractivity contribution in [3.8, 4) is 0 Å². The van der Waals surface area contributed by atoms with Gasteiger partial charge in [-0.1, -0.05) is 25.8 Å². The molecule has 4 rings (SSSR count). The second-order valence-corrected chi connectivity index (χ2v) is 12.2. The molecular formula is C30H44N4O5. The van der Waals surface area contributed by atoms with E-state index in [-0.39, 0.29) is 30.2 Å². The van der Waals surface area contributed by atoms with Crippen molar-refractivity contribution in [3.05, 3.63) is 29.3 Å². The smallest absolute Gasteiger partial charge is 0.407 e. The van der Waals surface area contributed by atoms with Crippen LogP contribution in [0.3, 0.4) is 0 Å². The summed E-state index contributed by atoms with van der Waals surface area (Å²) >= 11 is 0. The molecule has 2 heterocycles. The van der Waals surface area contributed by atoms with Gasteiger partial charge in [0.05, 0.1) is 0 Å². The number of amides is 4. The van der Waals surface area contributed by atoms with Gasteiger partial charge in [0.15, 0.2) is 0 Å². The Bertz CT molecular complexity index is 1070. The second-order valence-electron chi connectivity index (χ2n) is 12.2. The van der Waals surface area contributed by atoms with Crippen LogP contribution in [0, 0.1) is 5.92 Å². The van der Waals surface area contributed by atoms with Gasteiger partial charge in [-0.25, -0.2) is 4.79 Å². The zero-order valence-corrected chi connectivity index (χ0v) is 23.9. The van der Waals surface area contributed by atoms with E-state index in [1.807, 2.05) is 32.9 Å². The number of unbranched alkanes of at least 4 members (excludes halogenated alkanes) is 2. The monoisotopic (exact) mass is 540 g/mol. The quantitative estimate of drug-likeness (QED) is 0.352. The molecule has 1 aromatic rings. The van der Waals surface area contributed by atoms with Crippen molar-refractivity contribution in [1.82, 2.24) is 15.5 Å². The SMILES string of the molecule is CCCCCN(c1cccc2c1CN(C1CCC(=O)NC1=O)C2=O)C1CCC(CNC(=O)OC(C)(C)C)CC1. The summed E-state index contributed by atoms with van der Waals surface area (Å²) in [5, 5.41) is 5.33. The predicted octanol–water partition coefficient (Wildman–Crippen LogP) is 4.53. The molecule has 1 aliphatic carbocycles. The zero-order chi connectivity index (χ0) is 28.2. The highest BCUT2D eigenvalue weighted by Gasteiger charge is 2.41. The van der Waals surface area contributed by atoms with Crippen LogP contribution in [0.2, 0.25) is 0 Å². The maximum Gasteiger partial charge on any atom is 0.407 e. The first kappa shape index (κ1) is 28.9. The Morgan fingerprint density at radius 2 is 1.85 bits per heavy atom. The summed E-state index contributed by atoms with van der Waals surface area (Å²) in [6, 6.07) is 5.66. The molecule has 0 radical (unpaired) electrons. The molecule has 0 spiro atoms. The van der Waals surface area contributed by atoms with Crippen molar-refractivity contribution in [1.29, 1.82) is 0 Å². The highest BCUT2D eigenvalue weighted by molar-refractivity contribution is 6.06. The molecule has 1 atom stereocenters. The lowest BCUT2D eigenvalue weighted by Crippen LogP contribution is -2.52. The molecule has 1 saturated carbocycles. The Hall–Kier alpha value is -3.10. The van der Waals surface area contributed by atoms with E-state index in [1.165, 1.54) is 0 Å². The first-order valence-corrected chi connectivity index (χ1v) is 14.6. The minimum Gasteiger partial charge on any atom is -0.444 e. The molecule has 214 valence electrons. The van der Waals surface area contributed by atoms with Crippen LogP contribution in [0.1, 0.15) is 101 Å². The molecule has 1 unspecified atom stereocenters. The molecule has 2 aliphatic heterocycles. The molecule has 3 aliphatic rings. The second kappa shape index (κ2) is 12.4. The van der Waals surface area contributed by atoms with Gasteiger partial charge in [-0.05, 0) is 77.3 Å². The molecule has 9 nitrogen and oxygen atoms in total. The van der Waals surface area contributed by atoms with Gasteiger partial charge < -0.3 is 19.9 Å². The number of anilines is 1. The summed E-state index contributed by atoms with van der Waals surface area (Å²) in [5.41, 5.74) is 2.22. The fraction of sp³-hybridized carbons (Fsp3) is 0.667. The average Bonchev–Trinajstić information content (AvgIpc) is 3.21. The number of hydrogen-bond acceptors (Lipinski definition) is 6. The number of ether oxygens (including phenoxy) is 1. The summed E-state index contributed by atoms with van der Waals surface area (Å²) in [6.45, 7) is 9.71. The van der Waals surface area contributed by atoms with Crippen LogP contribution in [0.4, 0.5) is 10.5 Å². The number of carbonyl (C=O) groups excluding carboxylic acids is 4. The van der Waals surface area contributed by atoms with Crippen molar-refractivity contribution < 1.29 is 23.9 Å². The first-order valence-electron chi connectivity index (χ1n) is 14.6. The number of rotatable bonds is 9. The van der Waals surface area contributed by atoms with Crippen LogP contribution in [-0.2, 0) is 20.9 Å². The summed E-state index contributed by atoms with van der Waals surface area (Å²) in [7, 11) is 0. The number of carbonyl (C=O) groups is 4. The number of nitrogens with one attached hydrogen (secondary N) is 2. The van der Waals surface area contributed by atoms with E-state index in [0.29, 0.717) is 37.0 Å². The molecule has 1 saturated heterocycles. The van der Waals surface area contributed by atoms with E-state index in [9.17, 15) is 19.2 Å². The highest BCUT2D eigenvalue weighted by atomic mass is 16.6. The number of fused-ring (bicyclic) bond motifs is 1. The van der Waals surface area contributed by atoms with Gasteiger partial charge in [-0.3, -0.25) is 19.7 Å². The Morgan fingerprint density at radius 1 is 1.10 bits per heavy atom. The maximum atomic E-state index is 13.4. The normalized spacial score (nSPS) is 23.3. The third-order valence-corrected chi connectivity index (χ3v) is 8.06. The minimum absolute atomic E-state index is 0.133. The van der Waals surface area contributed by atoms with Crippen molar-refractivity contribution in [3.63, 3.8) is 0 Å². The van der Waals surface area contributed by atoms with Crippen LogP contribution < -0.4 is 15.5 Å². The molecular weight excluding hydrogens is 496 g/mol. The van der Waals surface area contributed by atoms with Gasteiger partial charge in [0.25, 0.3) is 5.91 Å². The maximum absolute atomic E-state index is 13.4. The molecule has 1 aromatic carbocycles. The van der Waals surface area contributed by atoms with Gasteiger partial charge in [0.1, 0.15) is 11.6 Å². The average molecular weight is 541 g/mol. The van der Waals surface area contributed by atoms with Crippen molar-refractivity contribution in [2.45, 2.75) is 110 Å². The molecule has 0 bridgehead atoms. The van der Waals surface area contributed by atoms with E-state index in [0.717, 1.165) is 62.7 Å². The van der Waals surface area contributed by atoms with Crippen LogP contribution in [0.5, 0.6) is 0 Å². The minimum atomic E-state index is -0.614. The fourth-order valence-corrected chi connectivity index (χ4v) is 6.07. The Balaban J connectivity index is 1.45. The standard InChI is InChI=1S/C30H44N4O5/c1-5-6-7-17-33(21-13-11-20(12-14-21)18-31-29(38)39-30(2,3)4)24-10-8-9-22-23(24)19-34(28(22)37)25-15-16-26(35)32-27(25)36/h8-10,20-21,25H,5-7,11-19H2,1-4H3,(H,31,38)(H,32,35,36). The number of piperidine rings is 1. The van der Waals surface area contributed by atoms with E-state index in [2.05, 4.69) is 28.5 Å². The van der Waals surface area contributed by atoms with E-state index < -0.39 is 11.6 Å². The first-order chi connectivity index (χ1) is 18.6. The number of nitrogens with zero attached hydrogens (tertiary/aromatic N) is 2. The Kier molecular flexibility index (Phi) is 9.18. The lowest BCUT2D eigenvalue weighted by molar-refractivity contribution is -0.136. The molecule has 2 N–H and O–H groups in total. The van der Waals surface area contributed by atoms with Crippen LogP contribution in [0.25, 0.3) is 0 Å². The van der Waals surface area contributed by atoms with Crippen LogP contribution in [0.15, 0.2) is 18.2 Å². The summed E-state index contributed by atoms with van der Waals surface area (Å²) in [6.07, 6.45) is 7.65. The van der Waals surface area contributed by atoms with Crippen molar-refractivity contribution >= 4 is 29.5 Å². The Labute approximate surface area is 232 Å². The third kappa shape index (κ3) is 7.11. The lowest BCUT2D eigenvalue weighted by Gasteiger charge is -2.39. The van der Waals surface area contributed by atoms with Crippen molar-refractivity contribution in [2.75, 3.05) is 18.0 Å². The number of imide groups is 1. The zero-order valence-electron chi connectivity index (χ0n) is 23.9. The van der Waals surface area contributed by atoms with E-state index >= 15 is 0 Å². The topological polar surface area (TPSA) is 108 Å². The van der Waals surface area contributed by atoms with E-state index in [1.54, 1.807) is 4.90 Å². The molecule has 4 amide bonds. The molecule has 9 heteroatoms. The summed E-state index contributed by atoms with van der Waals surface area (Å²) in [4.78, 5) is 53.8. The fourth-order valence-electron chi connectivity index (χ4n) is 6.07. The highest BCUT2D eigenvalue weighted by Crippen LogP contribution is 2.38. The summed E-state index contributed by atoms with van der Waals surface area (Å²) < 4.78 is 5.39. The lowest BCUT2D eigenvalue weighted by atomic mass is 9.84. The van der Waals surface area contributed by atoms with Crippen molar-refractivity contribution in [2.24, 2.45) is 5.92 Å². The number of hydrogen-bond donors (Lipinski definition) is 2. The van der Waals surface area contributed by atoms with Gasteiger partial charge >= 0.3 is 6.09 Å². The molecule has 39 heavy (non-hydrogen) atoms. The Morgan fingerprint density at radius 3 is 2.51 bits per heavy atom. The van der Waals surface area contributed by atoms with Crippen LogP contribution in [-0.4, -0.2) is 59.5 Å². The van der Waals surface area contributed by atoms with Crippen LogP contribution >= 0.6 is 0 Å². The largest absolute Gasteiger partial charge is 0.444 e. The van der Waals surface area contributed by atoms with Gasteiger partial charge in [-0.15, -0.1) is 0 Å². The van der Waals surface area contributed by atoms with Gasteiger partial charge in [-0.2, -0.15) is 0 Å². The third-order valence-electron chi connectivity index (χ3n) is 8.06. The number of alkyl carbamates (subject to hydrolysis) is 1.